The molecule has 0 radical (unpaired) electrons. The van der Waals surface area contributed by atoms with Crippen LogP contribution in [0.3, 0.4) is 0 Å². The highest BCUT2D eigenvalue weighted by Gasteiger charge is 2.42. The highest BCUT2D eigenvalue weighted by Crippen LogP contribution is 2.33. The van der Waals surface area contributed by atoms with Crippen molar-refractivity contribution in [1.29, 1.82) is 0 Å². The van der Waals surface area contributed by atoms with Crippen molar-refractivity contribution in [1.82, 2.24) is 14.5 Å². The topological polar surface area (TPSA) is 58.4 Å². The van der Waals surface area contributed by atoms with E-state index < -0.39 is 5.54 Å². The number of aromatic nitrogens is 2. The van der Waals surface area contributed by atoms with Gasteiger partial charge in [0.15, 0.2) is 0 Å². The number of benzene rings is 1. The fourth-order valence-electron chi connectivity index (χ4n) is 3.49. The molecule has 1 saturated heterocycles. The zero-order valence-electron chi connectivity index (χ0n) is 13.3. The Labute approximate surface area is 136 Å². The minimum absolute atomic E-state index is 0.0126. The quantitative estimate of drug-likeness (QED) is 0.886. The molecular weight excluding hydrogens is 290 g/mol. The zero-order chi connectivity index (χ0) is 16.1. The highest BCUT2D eigenvalue weighted by molar-refractivity contribution is 5.77. The van der Waals surface area contributed by atoms with Crippen LogP contribution in [0.4, 0.5) is 0 Å². The summed E-state index contributed by atoms with van der Waals surface area (Å²) < 4.78 is 1.91. The summed E-state index contributed by atoms with van der Waals surface area (Å²) in [7, 11) is 0. The fraction of sp³-hybridized carbons (Fsp3) is 0.444. The molecule has 5 nitrogen and oxygen atoms in total. The number of rotatable bonds is 6. The molecule has 122 valence electrons. The molecule has 1 atom stereocenters. The maximum absolute atomic E-state index is 12.7. The lowest BCUT2D eigenvalue weighted by Gasteiger charge is -2.37. The molecule has 1 fully saturated rings. The van der Waals surface area contributed by atoms with Gasteiger partial charge in [0.1, 0.15) is 0 Å². The van der Waals surface area contributed by atoms with Gasteiger partial charge in [0, 0.05) is 31.9 Å². The summed E-state index contributed by atoms with van der Waals surface area (Å²) in [5, 5.41) is 10.0. The number of likely N-dealkylation sites (tertiary alicyclic amines) is 1. The number of carbonyl (C=O) groups is 1. The van der Waals surface area contributed by atoms with Gasteiger partial charge in [0.2, 0.25) is 5.91 Å². The van der Waals surface area contributed by atoms with Gasteiger partial charge in [0.25, 0.3) is 0 Å². The Balaban J connectivity index is 1.70. The maximum Gasteiger partial charge on any atom is 0.224 e. The standard InChI is InChI=1S/C18H23N3O2/c22-14-18(13-16-5-2-1-3-6-16)8-4-10-21(18)17(23)7-11-20-12-9-19-15-20/h1-3,5-6,9,12,15,22H,4,7-8,10-11,13-14H2. The first-order valence-electron chi connectivity index (χ1n) is 8.14. The van der Waals surface area contributed by atoms with E-state index in [1.165, 1.54) is 0 Å². The Morgan fingerprint density at radius 2 is 2.13 bits per heavy atom. The first kappa shape index (κ1) is 15.7. The SMILES string of the molecule is O=C(CCn1ccnc1)N1CCCC1(CO)Cc1ccccc1. The van der Waals surface area contributed by atoms with Gasteiger partial charge in [-0.3, -0.25) is 4.79 Å². The number of carbonyl (C=O) groups excluding carboxylic acids is 1. The number of nitrogens with zero attached hydrogens (tertiary/aromatic N) is 3. The van der Waals surface area contributed by atoms with E-state index in [4.69, 9.17) is 0 Å². The van der Waals surface area contributed by atoms with Crippen molar-refractivity contribution >= 4 is 5.91 Å². The Morgan fingerprint density at radius 3 is 2.83 bits per heavy atom. The zero-order valence-corrected chi connectivity index (χ0v) is 13.3. The van der Waals surface area contributed by atoms with Crippen molar-refractivity contribution in [2.24, 2.45) is 0 Å². The van der Waals surface area contributed by atoms with Gasteiger partial charge in [-0.25, -0.2) is 4.98 Å². The van der Waals surface area contributed by atoms with Crippen molar-refractivity contribution in [2.75, 3.05) is 13.2 Å². The van der Waals surface area contributed by atoms with Crippen molar-refractivity contribution in [3.05, 3.63) is 54.6 Å². The number of aliphatic hydroxyl groups excluding tert-OH is 1. The van der Waals surface area contributed by atoms with E-state index in [1.807, 2.05) is 33.9 Å². The second kappa shape index (κ2) is 6.96. The first-order valence-corrected chi connectivity index (χ1v) is 8.14. The molecule has 1 unspecified atom stereocenters. The molecule has 0 aliphatic carbocycles. The fourth-order valence-corrected chi connectivity index (χ4v) is 3.49. The molecule has 3 rings (SSSR count). The molecule has 23 heavy (non-hydrogen) atoms. The van der Waals surface area contributed by atoms with Crippen LogP contribution in [0.25, 0.3) is 0 Å². The van der Waals surface area contributed by atoms with Gasteiger partial charge >= 0.3 is 0 Å². The minimum atomic E-state index is -0.451. The second-order valence-corrected chi connectivity index (χ2v) is 6.24. The van der Waals surface area contributed by atoms with Gasteiger partial charge < -0.3 is 14.6 Å². The monoisotopic (exact) mass is 313 g/mol. The summed E-state index contributed by atoms with van der Waals surface area (Å²) in [4.78, 5) is 18.6. The van der Waals surface area contributed by atoms with Gasteiger partial charge in [0.05, 0.1) is 18.5 Å². The number of aliphatic hydroxyl groups is 1. The van der Waals surface area contributed by atoms with Crippen LogP contribution < -0.4 is 0 Å². The average Bonchev–Trinajstić information content (AvgIpc) is 3.23. The van der Waals surface area contributed by atoms with E-state index in [0.29, 0.717) is 19.4 Å². The van der Waals surface area contributed by atoms with Crippen LogP contribution in [0.15, 0.2) is 49.1 Å². The summed E-state index contributed by atoms with van der Waals surface area (Å²) in [6.45, 7) is 1.37. The van der Waals surface area contributed by atoms with Gasteiger partial charge in [-0.2, -0.15) is 0 Å². The van der Waals surface area contributed by atoms with Crippen LogP contribution in [-0.2, 0) is 17.8 Å². The highest BCUT2D eigenvalue weighted by atomic mass is 16.3. The minimum Gasteiger partial charge on any atom is -0.394 e. The lowest BCUT2D eigenvalue weighted by atomic mass is 9.88. The van der Waals surface area contributed by atoms with Crippen LogP contribution in [0.2, 0.25) is 0 Å². The van der Waals surface area contributed by atoms with Crippen molar-refractivity contribution < 1.29 is 9.90 Å². The molecule has 1 aliphatic heterocycles. The third-order valence-corrected chi connectivity index (χ3v) is 4.71. The number of hydrogen-bond acceptors (Lipinski definition) is 3. The average molecular weight is 313 g/mol. The van der Waals surface area contributed by atoms with Crippen LogP contribution in [0, 0.1) is 0 Å². The predicted molar refractivity (Wildman–Crippen MR) is 87.8 cm³/mol. The summed E-state index contributed by atoms with van der Waals surface area (Å²) in [6.07, 6.45) is 8.25. The van der Waals surface area contributed by atoms with Crippen LogP contribution in [-0.4, -0.2) is 44.2 Å². The van der Waals surface area contributed by atoms with E-state index in [2.05, 4.69) is 17.1 Å². The van der Waals surface area contributed by atoms with Gasteiger partial charge in [-0.1, -0.05) is 30.3 Å². The molecule has 1 aromatic carbocycles. The van der Waals surface area contributed by atoms with E-state index >= 15 is 0 Å². The van der Waals surface area contributed by atoms with Crippen molar-refractivity contribution in [2.45, 2.75) is 37.8 Å². The lowest BCUT2D eigenvalue weighted by Crippen LogP contribution is -2.51. The summed E-state index contributed by atoms with van der Waals surface area (Å²) in [5.74, 6) is 0.112. The number of hydrogen-bond donors (Lipinski definition) is 1. The normalized spacial score (nSPS) is 20.8. The molecule has 1 aromatic heterocycles. The van der Waals surface area contributed by atoms with Crippen LogP contribution in [0.1, 0.15) is 24.8 Å². The predicted octanol–water partition coefficient (Wildman–Crippen LogP) is 1.87. The van der Waals surface area contributed by atoms with E-state index in [0.717, 1.165) is 24.9 Å². The first-order chi connectivity index (χ1) is 11.2. The van der Waals surface area contributed by atoms with E-state index in [-0.39, 0.29) is 12.5 Å². The van der Waals surface area contributed by atoms with Gasteiger partial charge in [-0.05, 0) is 24.8 Å². The molecule has 1 aliphatic rings. The third kappa shape index (κ3) is 3.45. The maximum atomic E-state index is 12.7. The van der Waals surface area contributed by atoms with Crippen LogP contribution in [0.5, 0.6) is 0 Å². The Hall–Kier alpha value is -2.14. The number of imidazole rings is 1. The lowest BCUT2D eigenvalue weighted by molar-refractivity contribution is -0.137. The summed E-state index contributed by atoms with van der Waals surface area (Å²) >= 11 is 0. The Bertz CT molecular complexity index is 627. The smallest absolute Gasteiger partial charge is 0.224 e. The van der Waals surface area contributed by atoms with E-state index in [9.17, 15) is 9.90 Å². The Kier molecular flexibility index (Phi) is 4.76. The van der Waals surface area contributed by atoms with Gasteiger partial charge in [-0.15, -0.1) is 0 Å². The third-order valence-electron chi connectivity index (χ3n) is 4.71. The Morgan fingerprint density at radius 1 is 1.30 bits per heavy atom. The molecule has 5 heteroatoms. The molecule has 1 N–H and O–H groups in total. The number of aryl methyl sites for hydroxylation is 1. The molecule has 2 aromatic rings. The van der Waals surface area contributed by atoms with Crippen LogP contribution >= 0.6 is 0 Å². The molecule has 1 amide bonds. The molecule has 2 heterocycles. The summed E-state index contributed by atoms with van der Waals surface area (Å²) in [6, 6.07) is 10.1. The summed E-state index contributed by atoms with van der Waals surface area (Å²) in [5.41, 5.74) is 0.712. The van der Waals surface area contributed by atoms with Crippen molar-refractivity contribution in [3.63, 3.8) is 0 Å². The van der Waals surface area contributed by atoms with E-state index in [1.54, 1.807) is 12.5 Å². The second-order valence-electron chi connectivity index (χ2n) is 6.24. The largest absolute Gasteiger partial charge is 0.394 e. The number of amides is 1. The molecule has 0 spiro atoms. The van der Waals surface area contributed by atoms with Crippen molar-refractivity contribution in [3.8, 4) is 0 Å². The molecule has 0 bridgehead atoms. The molecule has 0 saturated carbocycles. The molecular formula is C18H23N3O2.